The number of nitrogens with zero attached hydrogens (tertiary/aromatic N) is 2. The highest BCUT2D eigenvalue weighted by Crippen LogP contribution is 2.44. The first-order valence-corrected chi connectivity index (χ1v) is 11.0. The van der Waals surface area contributed by atoms with Gasteiger partial charge in [-0.05, 0) is 36.1 Å². The largest absolute Gasteiger partial charge is 0.480 e. The minimum Gasteiger partial charge on any atom is -0.480 e. The van der Waals surface area contributed by atoms with Crippen LogP contribution in [0.5, 0.6) is 0 Å². The van der Waals surface area contributed by atoms with Gasteiger partial charge in [-0.2, -0.15) is 0 Å². The van der Waals surface area contributed by atoms with Crippen molar-refractivity contribution in [2.75, 3.05) is 26.7 Å². The van der Waals surface area contributed by atoms with Crippen LogP contribution in [0, 0.1) is 0 Å². The number of carbonyl (C=O) groups is 4. The quantitative estimate of drug-likeness (QED) is 0.698. The van der Waals surface area contributed by atoms with Gasteiger partial charge in [0.25, 0.3) is 0 Å². The third-order valence-corrected chi connectivity index (χ3v) is 6.39. The first-order valence-electron chi connectivity index (χ1n) is 11.0. The maximum absolute atomic E-state index is 13.1. The highest BCUT2D eigenvalue weighted by atomic mass is 16.5. The fraction of sp³-hybridized carbons (Fsp3) is 0.360. The molecule has 1 aliphatic carbocycles. The Kier molecular flexibility index (Phi) is 6.03. The van der Waals surface area contributed by atoms with E-state index in [1.54, 1.807) is 0 Å². The van der Waals surface area contributed by atoms with Crippen molar-refractivity contribution in [3.8, 4) is 11.1 Å². The molecule has 9 heteroatoms. The Morgan fingerprint density at radius 2 is 1.62 bits per heavy atom. The number of nitrogens with one attached hydrogen (secondary N) is 1. The predicted octanol–water partition coefficient (Wildman–Crippen LogP) is 2.06. The molecule has 2 N–H and O–H groups in total. The van der Waals surface area contributed by atoms with Crippen molar-refractivity contribution in [1.82, 2.24) is 15.1 Å². The van der Waals surface area contributed by atoms with Crippen molar-refractivity contribution in [2.24, 2.45) is 0 Å². The smallest absolute Gasteiger partial charge is 0.408 e. The van der Waals surface area contributed by atoms with E-state index in [1.807, 2.05) is 48.5 Å². The molecule has 0 bridgehead atoms. The number of hydrogen-bond donors (Lipinski definition) is 2. The number of piperazine rings is 1. The fourth-order valence-corrected chi connectivity index (χ4v) is 4.56. The minimum absolute atomic E-state index is 0.0783. The molecule has 4 rings (SSSR count). The molecule has 1 unspecified atom stereocenters. The Hall–Kier alpha value is -3.88. The van der Waals surface area contributed by atoms with Crippen LogP contribution >= 0.6 is 0 Å². The second kappa shape index (κ2) is 8.81. The van der Waals surface area contributed by atoms with Crippen molar-refractivity contribution in [2.45, 2.75) is 31.3 Å². The van der Waals surface area contributed by atoms with Gasteiger partial charge in [0.2, 0.25) is 11.8 Å². The van der Waals surface area contributed by atoms with Crippen molar-refractivity contribution in [3.63, 3.8) is 0 Å². The SMILES string of the molecule is CN1CC(C(=O)O)N(C(=O)C(C)(C)NC(=O)OCC2c3ccccc3-c3ccccc32)CC1=O. The van der Waals surface area contributed by atoms with Gasteiger partial charge < -0.3 is 25.0 Å². The number of carboxylic acid groups (broad SMARTS) is 1. The van der Waals surface area contributed by atoms with Crippen LogP contribution in [-0.4, -0.2) is 77.1 Å². The van der Waals surface area contributed by atoms with E-state index >= 15 is 0 Å². The van der Waals surface area contributed by atoms with Gasteiger partial charge in [-0.1, -0.05) is 48.5 Å². The second-order valence-electron chi connectivity index (χ2n) is 9.14. The van der Waals surface area contributed by atoms with Crippen molar-refractivity contribution < 1.29 is 29.0 Å². The Morgan fingerprint density at radius 1 is 1.06 bits per heavy atom. The lowest BCUT2D eigenvalue weighted by atomic mass is 9.98. The van der Waals surface area contributed by atoms with Gasteiger partial charge >= 0.3 is 12.1 Å². The summed E-state index contributed by atoms with van der Waals surface area (Å²) in [6, 6.07) is 14.7. The summed E-state index contributed by atoms with van der Waals surface area (Å²) in [5.74, 6) is -2.40. The molecule has 3 amide bonds. The predicted molar refractivity (Wildman–Crippen MR) is 123 cm³/mol. The topological polar surface area (TPSA) is 116 Å². The number of aliphatic carboxylic acids is 1. The van der Waals surface area contributed by atoms with E-state index in [-0.39, 0.29) is 31.5 Å². The highest BCUT2D eigenvalue weighted by Gasteiger charge is 2.44. The zero-order valence-corrected chi connectivity index (χ0v) is 19.3. The minimum atomic E-state index is -1.48. The Bertz CT molecular complexity index is 1120. The van der Waals surface area contributed by atoms with Gasteiger partial charge in [-0.3, -0.25) is 9.59 Å². The van der Waals surface area contributed by atoms with E-state index in [0.717, 1.165) is 27.2 Å². The lowest BCUT2D eigenvalue weighted by Gasteiger charge is -2.40. The monoisotopic (exact) mass is 465 g/mol. The lowest BCUT2D eigenvalue weighted by Crippen LogP contribution is -2.65. The number of fused-ring (bicyclic) bond motifs is 3. The Balaban J connectivity index is 1.44. The number of amides is 3. The maximum atomic E-state index is 13.1. The van der Waals surface area contributed by atoms with Gasteiger partial charge in [-0.15, -0.1) is 0 Å². The number of carboxylic acids is 1. The van der Waals surface area contributed by atoms with Gasteiger partial charge in [0.05, 0.1) is 6.54 Å². The molecular formula is C25H27N3O6. The number of benzene rings is 2. The molecule has 9 nitrogen and oxygen atoms in total. The lowest BCUT2D eigenvalue weighted by molar-refractivity contribution is -0.161. The molecule has 1 atom stereocenters. The van der Waals surface area contributed by atoms with Crippen molar-refractivity contribution in [1.29, 1.82) is 0 Å². The van der Waals surface area contributed by atoms with E-state index in [0.29, 0.717) is 0 Å². The van der Waals surface area contributed by atoms with Gasteiger partial charge in [0, 0.05) is 13.0 Å². The van der Waals surface area contributed by atoms with E-state index in [9.17, 15) is 24.3 Å². The Morgan fingerprint density at radius 3 is 2.18 bits per heavy atom. The third-order valence-electron chi connectivity index (χ3n) is 6.39. The first kappa shape index (κ1) is 23.3. The summed E-state index contributed by atoms with van der Waals surface area (Å²) in [5, 5.41) is 12.1. The van der Waals surface area contributed by atoms with Crippen LogP contribution < -0.4 is 5.32 Å². The zero-order valence-electron chi connectivity index (χ0n) is 19.3. The van der Waals surface area contributed by atoms with Crippen LogP contribution in [0.25, 0.3) is 11.1 Å². The average Bonchev–Trinajstić information content (AvgIpc) is 3.12. The summed E-state index contributed by atoms with van der Waals surface area (Å²) < 4.78 is 5.51. The summed E-state index contributed by atoms with van der Waals surface area (Å²) in [5.41, 5.74) is 2.84. The number of alkyl carbamates (subject to hydrolysis) is 1. The number of carbonyl (C=O) groups excluding carboxylic acids is 3. The molecule has 2 aromatic rings. The van der Waals surface area contributed by atoms with E-state index in [2.05, 4.69) is 5.32 Å². The number of hydrogen-bond acceptors (Lipinski definition) is 5. The first-order chi connectivity index (χ1) is 16.1. The molecule has 0 aromatic heterocycles. The molecule has 1 fully saturated rings. The summed E-state index contributed by atoms with van der Waals surface area (Å²) in [6.45, 7) is 2.49. The highest BCUT2D eigenvalue weighted by molar-refractivity contribution is 5.96. The van der Waals surface area contributed by atoms with Gasteiger partial charge in [-0.25, -0.2) is 9.59 Å². The van der Waals surface area contributed by atoms with E-state index in [1.165, 1.54) is 25.8 Å². The summed E-state index contributed by atoms with van der Waals surface area (Å²) in [4.78, 5) is 51.8. The molecular weight excluding hydrogens is 438 g/mol. The number of likely N-dealkylation sites (N-methyl/N-ethyl adjacent to an activating group) is 1. The van der Waals surface area contributed by atoms with Crippen LogP contribution in [0.1, 0.15) is 30.9 Å². The van der Waals surface area contributed by atoms with Crippen LogP contribution in [0.4, 0.5) is 4.79 Å². The van der Waals surface area contributed by atoms with Crippen LogP contribution in [-0.2, 0) is 19.1 Å². The molecule has 1 aliphatic heterocycles. The van der Waals surface area contributed by atoms with Crippen molar-refractivity contribution in [3.05, 3.63) is 59.7 Å². The van der Waals surface area contributed by atoms with E-state index in [4.69, 9.17) is 4.74 Å². The summed E-state index contributed by atoms with van der Waals surface area (Å²) >= 11 is 0. The average molecular weight is 466 g/mol. The zero-order chi connectivity index (χ0) is 24.6. The van der Waals surface area contributed by atoms with Gasteiger partial charge in [0.1, 0.15) is 24.7 Å². The Labute approximate surface area is 197 Å². The molecule has 1 saturated heterocycles. The number of ether oxygens (including phenoxy) is 1. The molecule has 1 heterocycles. The van der Waals surface area contributed by atoms with E-state index < -0.39 is 29.6 Å². The van der Waals surface area contributed by atoms with Crippen LogP contribution in [0.3, 0.4) is 0 Å². The van der Waals surface area contributed by atoms with Crippen LogP contribution in [0.15, 0.2) is 48.5 Å². The van der Waals surface area contributed by atoms with Crippen LogP contribution in [0.2, 0.25) is 0 Å². The molecule has 0 spiro atoms. The normalized spacial score (nSPS) is 17.7. The maximum Gasteiger partial charge on any atom is 0.408 e. The third kappa shape index (κ3) is 4.21. The summed E-state index contributed by atoms with van der Waals surface area (Å²) in [6.07, 6.45) is -0.799. The molecule has 2 aliphatic rings. The van der Waals surface area contributed by atoms with Crippen molar-refractivity contribution >= 4 is 23.9 Å². The second-order valence-corrected chi connectivity index (χ2v) is 9.14. The fourth-order valence-electron chi connectivity index (χ4n) is 4.56. The molecule has 2 aromatic carbocycles. The standard InChI is InChI=1S/C25H27N3O6/c1-25(2,23(32)28-13-21(29)27(3)12-20(28)22(30)31)26-24(33)34-14-19-17-10-6-4-8-15(17)16-9-5-7-11-18(16)19/h4-11,19-20H,12-14H2,1-3H3,(H,26,33)(H,30,31). The van der Waals surface area contributed by atoms with Gasteiger partial charge in [0.15, 0.2) is 0 Å². The molecule has 34 heavy (non-hydrogen) atoms. The summed E-state index contributed by atoms with van der Waals surface area (Å²) in [7, 11) is 1.49. The molecule has 0 saturated carbocycles. The molecule has 0 radical (unpaired) electrons. The molecule has 178 valence electrons. The number of rotatable bonds is 5.